The molecular weight excluding hydrogens is 306 g/mol. The number of carbonyl (C=O) groups excluding carboxylic acids is 1. The third-order valence-electron chi connectivity index (χ3n) is 3.17. The summed E-state index contributed by atoms with van der Waals surface area (Å²) < 4.78 is 30.0. The van der Waals surface area contributed by atoms with Crippen molar-refractivity contribution in [2.75, 3.05) is 0 Å². The maximum atomic E-state index is 12.2. The molecule has 0 fully saturated rings. The molecule has 0 unspecified atom stereocenters. The predicted octanol–water partition coefficient (Wildman–Crippen LogP) is 2.33. The van der Waals surface area contributed by atoms with Crippen LogP contribution in [0.3, 0.4) is 0 Å². The smallest absolute Gasteiger partial charge is 0.387 e. The van der Waals surface area contributed by atoms with Crippen LogP contribution >= 0.6 is 0 Å². The highest BCUT2D eigenvalue weighted by molar-refractivity contribution is 5.76. The molecule has 7 heteroatoms. The zero-order chi connectivity index (χ0) is 16.8. The maximum absolute atomic E-state index is 12.2. The van der Waals surface area contributed by atoms with Gasteiger partial charge in [0.25, 0.3) is 5.56 Å². The maximum Gasteiger partial charge on any atom is 0.387 e. The molecule has 0 saturated heterocycles. The van der Waals surface area contributed by atoms with E-state index in [2.05, 4.69) is 10.1 Å². The van der Waals surface area contributed by atoms with Gasteiger partial charge in [-0.2, -0.15) is 8.78 Å². The van der Waals surface area contributed by atoms with E-state index in [1.54, 1.807) is 31.2 Å². The Kier molecular flexibility index (Phi) is 5.46. The van der Waals surface area contributed by atoms with Gasteiger partial charge in [0.2, 0.25) is 5.91 Å². The number of amides is 1. The van der Waals surface area contributed by atoms with Gasteiger partial charge in [-0.3, -0.25) is 9.59 Å². The molecule has 0 aliphatic heterocycles. The summed E-state index contributed by atoms with van der Waals surface area (Å²) in [4.78, 5) is 23.5. The van der Waals surface area contributed by atoms with Crippen LogP contribution in [-0.4, -0.2) is 17.1 Å². The third kappa shape index (κ3) is 4.91. The van der Waals surface area contributed by atoms with Gasteiger partial charge in [0.05, 0.1) is 6.04 Å². The molecule has 5 nitrogen and oxygen atoms in total. The minimum absolute atomic E-state index is 0.0258. The largest absolute Gasteiger partial charge is 0.435 e. The Bertz CT molecular complexity index is 731. The number of aromatic nitrogens is 1. The highest BCUT2D eigenvalue weighted by atomic mass is 19.3. The molecule has 0 spiro atoms. The molecule has 1 amide bonds. The minimum atomic E-state index is -2.90. The summed E-state index contributed by atoms with van der Waals surface area (Å²) in [5.74, 6) is -0.330. The van der Waals surface area contributed by atoms with Crippen LogP contribution in [0.2, 0.25) is 0 Å². The summed E-state index contributed by atoms with van der Waals surface area (Å²) in [7, 11) is 0. The minimum Gasteiger partial charge on any atom is -0.435 e. The SMILES string of the molecule is C[C@@H](NC(=O)Cn1ccccc1=O)c1cccc(OC(F)F)c1. The number of ether oxygens (including phenoxy) is 1. The number of carbonyl (C=O) groups is 1. The molecule has 1 atom stereocenters. The topological polar surface area (TPSA) is 60.3 Å². The molecule has 0 radical (unpaired) electrons. The average molecular weight is 322 g/mol. The Balaban J connectivity index is 2.01. The van der Waals surface area contributed by atoms with Crippen LogP contribution < -0.4 is 15.6 Å². The van der Waals surface area contributed by atoms with Crippen molar-refractivity contribution in [2.45, 2.75) is 26.1 Å². The number of pyridine rings is 1. The first kappa shape index (κ1) is 16.7. The molecule has 122 valence electrons. The van der Waals surface area contributed by atoms with Crippen molar-refractivity contribution in [3.8, 4) is 5.75 Å². The molecule has 0 saturated carbocycles. The van der Waals surface area contributed by atoms with Crippen molar-refractivity contribution in [1.29, 1.82) is 0 Å². The Labute approximate surface area is 131 Å². The van der Waals surface area contributed by atoms with Gasteiger partial charge in [-0.25, -0.2) is 0 Å². The van der Waals surface area contributed by atoms with Crippen LogP contribution in [0.1, 0.15) is 18.5 Å². The molecule has 1 N–H and O–H groups in total. The number of hydrogen-bond donors (Lipinski definition) is 1. The average Bonchev–Trinajstić information content (AvgIpc) is 2.49. The van der Waals surface area contributed by atoms with E-state index < -0.39 is 12.7 Å². The quantitative estimate of drug-likeness (QED) is 0.888. The Morgan fingerprint density at radius 1 is 1.26 bits per heavy atom. The molecule has 23 heavy (non-hydrogen) atoms. The lowest BCUT2D eigenvalue weighted by atomic mass is 10.1. The number of nitrogens with zero attached hydrogens (tertiary/aromatic N) is 1. The van der Waals surface area contributed by atoms with Crippen LogP contribution in [0.5, 0.6) is 5.75 Å². The summed E-state index contributed by atoms with van der Waals surface area (Å²) in [6.07, 6.45) is 1.52. The second-order valence-corrected chi connectivity index (χ2v) is 4.91. The molecule has 1 aromatic carbocycles. The normalized spacial score (nSPS) is 12.0. The Hall–Kier alpha value is -2.70. The number of halogens is 2. The van der Waals surface area contributed by atoms with Crippen LogP contribution in [0.25, 0.3) is 0 Å². The fourth-order valence-electron chi connectivity index (χ4n) is 2.08. The van der Waals surface area contributed by atoms with E-state index in [0.717, 1.165) is 0 Å². The van der Waals surface area contributed by atoms with Gasteiger partial charge in [0.15, 0.2) is 0 Å². The monoisotopic (exact) mass is 322 g/mol. The first-order valence-corrected chi connectivity index (χ1v) is 6.95. The molecule has 1 aromatic heterocycles. The summed E-state index contributed by atoms with van der Waals surface area (Å²) in [6.45, 7) is -1.30. The summed E-state index contributed by atoms with van der Waals surface area (Å²) in [5, 5.41) is 2.71. The lowest BCUT2D eigenvalue weighted by Crippen LogP contribution is -2.33. The molecular formula is C16H16F2N2O3. The molecule has 2 rings (SSSR count). The van der Waals surface area contributed by atoms with Crippen molar-refractivity contribution in [1.82, 2.24) is 9.88 Å². The van der Waals surface area contributed by atoms with Gasteiger partial charge >= 0.3 is 6.61 Å². The van der Waals surface area contributed by atoms with Crippen LogP contribution in [0, 0.1) is 0 Å². The lowest BCUT2D eigenvalue weighted by molar-refractivity contribution is -0.122. The zero-order valence-corrected chi connectivity index (χ0v) is 12.4. The van der Waals surface area contributed by atoms with Crippen molar-refractivity contribution >= 4 is 5.91 Å². The molecule has 0 aliphatic rings. The van der Waals surface area contributed by atoms with E-state index in [0.29, 0.717) is 5.56 Å². The molecule has 0 aliphatic carbocycles. The van der Waals surface area contributed by atoms with Crippen molar-refractivity contribution in [2.24, 2.45) is 0 Å². The first-order valence-electron chi connectivity index (χ1n) is 6.95. The van der Waals surface area contributed by atoms with Gasteiger partial charge in [-0.05, 0) is 30.7 Å². The Morgan fingerprint density at radius 2 is 2.04 bits per heavy atom. The van der Waals surface area contributed by atoms with E-state index in [4.69, 9.17) is 0 Å². The molecule has 0 bridgehead atoms. The summed E-state index contributed by atoms with van der Waals surface area (Å²) in [6, 6.07) is 10.3. The number of rotatable bonds is 6. The number of benzene rings is 1. The fourth-order valence-corrected chi connectivity index (χ4v) is 2.08. The van der Waals surface area contributed by atoms with Gasteiger partial charge < -0.3 is 14.6 Å². The molecule has 2 aromatic rings. The van der Waals surface area contributed by atoms with Crippen LogP contribution in [0.4, 0.5) is 8.78 Å². The van der Waals surface area contributed by atoms with E-state index in [1.807, 2.05) is 0 Å². The van der Waals surface area contributed by atoms with Gasteiger partial charge in [-0.15, -0.1) is 0 Å². The van der Waals surface area contributed by atoms with E-state index in [1.165, 1.54) is 29.0 Å². The van der Waals surface area contributed by atoms with Crippen molar-refractivity contribution in [3.63, 3.8) is 0 Å². The second kappa shape index (κ2) is 7.53. The van der Waals surface area contributed by atoms with Crippen molar-refractivity contribution < 1.29 is 18.3 Å². The van der Waals surface area contributed by atoms with Gasteiger partial charge in [-0.1, -0.05) is 18.2 Å². The van der Waals surface area contributed by atoms with E-state index >= 15 is 0 Å². The zero-order valence-electron chi connectivity index (χ0n) is 12.4. The highest BCUT2D eigenvalue weighted by Gasteiger charge is 2.12. The third-order valence-corrected chi connectivity index (χ3v) is 3.17. The number of nitrogens with one attached hydrogen (secondary N) is 1. The van der Waals surface area contributed by atoms with Crippen LogP contribution in [-0.2, 0) is 11.3 Å². The van der Waals surface area contributed by atoms with Crippen LogP contribution in [0.15, 0.2) is 53.5 Å². The first-order chi connectivity index (χ1) is 11.0. The van der Waals surface area contributed by atoms with E-state index in [9.17, 15) is 18.4 Å². The number of hydrogen-bond acceptors (Lipinski definition) is 3. The Morgan fingerprint density at radius 3 is 2.74 bits per heavy atom. The highest BCUT2D eigenvalue weighted by Crippen LogP contribution is 2.20. The lowest BCUT2D eigenvalue weighted by Gasteiger charge is -2.16. The van der Waals surface area contributed by atoms with Gasteiger partial charge in [0.1, 0.15) is 12.3 Å². The fraction of sp³-hybridized carbons (Fsp3) is 0.250. The second-order valence-electron chi connectivity index (χ2n) is 4.91. The predicted molar refractivity (Wildman–Crippen MR) is 80.3 cm³/mol. The summed E-state index contributed by atoms with van der Waals surface area (Å²) in [5.41, 5.74) is 0.347. The van der Waals surface area contributed by atoms with E-state index in [-0.39, 0.29) is 23.8 Å². The summed E-state index contributed by atoms with van der Waals surface area (Å²) >= 11 is 0. The standard InChI is InChI=1S/C16H16F2N2O3/c1-11(12-5-4-6-13(9-12)23-16(17)18)19-14(21)10-20-8-3-2-7-15(20)22/h2-9,11,16H,10H2,1H3,(H,19,21)/t11-/m1/s1. The molecule has 1 heterocycles. The van der Waals surface area contributed by atoms with Gasteiger partial charge in [0, 0.05) is 12.3 Å². The number of alkyl halides is 2. The van der Waals surface area contributed by atoms with Crippen molar-refractivity contribution in [3.05, 3.63) is 64.6 Å².